The van der Waals surface area contributed by atoms with E-state index in [-0.39, 0.29) is 0 Å². The number of nitrogens with one attached hydrogen (secondary N) is 1. The molecule has 0 aliphatic rings. The van der Waals surface area contributed by atoms with E-state index in [0.29, 0.717) is 6.61 Å². The summed E-state index contributed by atoms with van der Waals surface area (Å²) in [5, 5.41) is 3.34. The average molecular weight is 287 g/mol. The predicted octanol–water partition coefficient (Wildman–Crippen LogP) is 2.86. The average Bonchev–Trinajstić information content (AvgIpc) is 2.23. The van der Waals surface area contributed by atoms with Crippen LogP contribution in [0.5, 0.6) is 5.75 Å². The molecule has 0 saturated carbocycles. The van der Waals surface area contributed by atoms with Gasteiger partial charge in [0.05, 0.1) is 6.20 Å². The Hall–Kier alpha value is -0.610. The first kappa shape index (κ1) is 13.5. The van der Waals surface area contributed by atoms with Crippen molar-refractivity contribution in [3.05, 3.63) is 22.9 Å². The molecular formula is C12H19BrN2O. The summed E-state index contributed by atoms with van der Waals surface area (Å²) in [6.45, 7) is 7.06. The van der Waals surface area contributed by atoms with E-state index in [0.717, 1.165) is 29.2 Å². The van der Waals surface area contributed by atoms with Gasteiger partial charge in [-0.2, -0.15) is 0 Å². The molecule has 1 aromatic heterocycles. The van der Waals surface area contributed by atoms with Crippen molar-refractivity contribution < 1.29 is 4.74 Å². The molecule has 4 heteroatoms. The fourth-order valence-corrected chi connectivity index (χ4v) is 1.57. The van der Waals surface area contributed by atoms with Gasteiger partial charge < -0.3 is 10.1 Å². The minimum absolute atomic E-state index is 0.677. The number of nitrogens with zero attached hydrogens (tertiary/aromatic N) is 1. The maximum Gasteiger partial charge on any atom is 0.138 e. The van der Waals surface area contributed by atoms with Crippen LogP contribution in [0.3, 0.4) is 0 Å². The summed E-state index contributed by atoms with van der Waals surface area (Å²) in [4.78, 5) is 4.03. The van der Waals surface area contributed by atoms with Crippen LogP contribution in [0, 0.1) is 5.92 Å². The summed E-state index contributed by atoms with van der Waals surface area (Å²) in [5.74, 6) is 1.56. The molecule has 0 bridgehead atoms. The van der Waals surface area contributed by atoms with Crippen LogP contribution in [-0.4, -0.2) is 24.7 Å². The zero-order chi connectivity index (χ0) is 11.8. The van der Waals surface area contributed by atoms with E-state index in [1.165, 1.54) is 6.42 Å². The van der Waals surface area contributed by atoms with Crippen LogP contribution >= 0.6 is 15.9 Å². The Bertz CT molecular complexity index is 305. The molecule has 0 spiro atoms. The van der Waals surface area contributed by atoms with Crippen molar-refractivity contribution in [2.45, 2.75) is 20.3 Å². The van der Waals surface area contributed by atoms with E-state index < -0.39 is 0 Å². The molecule has 0 atom stereocenters. The summed E-state index contributed by atoms with van der Waals surface area (Å²) < 4.78 is 6.48. The van der Waals surface area contributed by atoms with Gasteiger partial charge in [0.15, 0.2) is 0 Å². The third-order valence-electron chi connectivity index (χ3n) is 2.13. The first-order chi connectivity index (χ1) is 7.68. The molecule has 1 aromatic rings. The lowest BCUT2D eigenvalue weighted by Crippen LogP contribution is -2.23. The fraction of sp³-hybridized carbons (Fsp3) is 0.583. The molecule has 0 amide bonds. The van der Waals surface area contributed by atoms with E-state index in [2.05, 4.69) is 40.1 Å². The van der Waals surface area contributed by atoms with Crippen LogP contribution in [-0.2, 0) is 0 Å². The third kappa shape index (κ3) is 6.08. The molecule has 1 heterocycles. The molecule has 0 fully saturated rings. The summed E-state index contributed by atoms with van der Waals surface area (Å²) in [5.41, 5.74) is 0. The molecular weight excluding hydrogens is 268 g/mol. The molecule has 0 aromatic carbocycles. The van der Waals surface area contributed by atoms with Crippen molar-refractivity contribution in [1.82, 2.24) is 10.3 Å². The lowest BCUT2D eigenvalue weighted by molar-refractivity contribution is 0.311. The third-order valence-corrected chi connectivity index (χ3v) is 2.56. The Balaban J connectivity index is 2.07. The topological polar surface area (TPSA) is 34.1 Å². The van der Waals surface area contributed by atoms with E-state index in [1.54, 1.807) is 12.4 Å². The lowest BCUT2D eigenvalue weighted by Gasteiger charge is -2.08. The maximum absolute atomic E-state index is 5.54. The molecule has 0 aliphatic carbocycles. The smallest absolute Gasteiger partial charge is 0.138 e. The molecule has 0 radical (unpaired) electrons. The van der Waals surface area contributed by atoms with Gasteiger partial charge in [-0.3, -0.25) is 4.98 Å². The highest BCUT2D eigenvalue weighted by Crippen LogP contribution is 2.15. The van der Waals surface area contributed by atoms with Crippen molar-refractivity contribution in [3.63, 3.8) is 0 Å². The van der Waals surface area contributed by atoms with Gasteiger partial charge in [-0.25, -0.2) is 0 Å². The highest BCUT2D eigenvalue weighted by molar-refractivity contribution is 9.10. The van der Waals surface area contributed by atoms with Crippen molar-refractivity contribution in [1.29, 1.82) is 0 Å². The molecule has 1 N–H and O–H groups in total. The van der Waals surface area contributed by atoms with Gasteiger partial charge >= 0.3 is 0 Å². The van der Waals surface area contributed by atoms with Gasteiger partial charge in [0.1, 0.15) is 12.4 Å². The van der Waals surface area contributed by atoms with E-state index >= 15 is 0 Å². The van der Waals surface area contributed by atoms with Gasteiger partial charge in [-0.05, 0) is 40.9 Å². The molecule has 16 heavy (non-hydrogen) atoms. The number of hydrogen-bond acceptors (Lipinski definition) is 3. The van der Waals surface area contributed by atoms with Gasteiger partial charge in [0, 0.05) is 17.2 Å². The number of rotatable bonds is 7. The van der Waals surface area contributed by atoms with Gasteiger partial charge in [-0.1, -0.05) is 13.8 Å². The van der Waals surface area contributed by atoms with Crippen LogP contribution in [0.25, 0.3) is 0 Å². The Kier molecular flexibility index (Phi) is 6.42. The highest BCUT2D eigenvalue weighted by Gasteiger charge is 1.96. The van der Waals surface area contributed by atoms with Crippen LogP contribution < -0.4 is 10.1 Å². The monoisotopic (exact) mass is 286 g/mol. The van der Waals surface area contributed by atoms with E-state index in [9.17, 15) is 0 Å². The molecule has 3 nitrogen and oxygen atoms in total. The molecule has 1 rings (SSSR count). The number of pyridine rings is 1. The minimum atomic E-state index is 0.677. The lowest BCUT2D eigenvalue weighted by atomic mass is 10.1. The summed E-state index contributed by atoms with van der Waals surface area (Å²) in [6.07, 6.45) is 4.67. The standard InChI is InChI=1S/C12H19BrN2O/c1-10(2)3-4-14-5-6-16-12-7-11(13)8-15-9-12/h7-10,14H,3-6H2,1-2H3. The molecule has 0 aliphatic heterocycles. The SMILES string of the molecule is CC(C)CCNCCOc1cncc(Br)c1. The van der Waals surface area contributed by atoms with Crippen molar-refractivity contribution in [2.75, 3.05) is 19.7 Å². The maximum atomic E-state index is 5.54. The summed E-state index contributed by atoms with van der Waals surface area (Å²) >= 11 is 3.35. The Morgan fingerprint density at radius 1 is 1.38 bits per heavy atom. The van der Waals surface area contributed by atoms with Gasteiger partial charge in [-0.15, -0.1) is 0 Å². The molecule has 90 valence electrons. The number of aromatic nitrogens is 1. The first-order valence-corrected chi connectivity index (χ1v) is 6.42. The van der Waals surface area contributed by atoms with Crippen molar-refractivity contribution in [2.24, 2.45) is 5.92 Å². The van der Waals surface area contributed by atoms with Crippen LogP contribution in [0.15, 0.2) is 22.9 Å². The Morgan fingerprint density at radius 2 is 2.19 bits per heavy atom. The number of ether oxygens (including phenoxy) is 1. The zero-order valence-corrected chi connectivity index (χ0v) is 11.5. The number of halogens is 1. The number of hydrogen-bond donors (Lipinski definition) is 1. The van der Waals surface area contributed by atoms with Gasteiger partial charge in [0.2, 0.25) is 0 Å². The van der Waals surface area contributed by atoms with Crippen LogP contribution in [0.1, 0.15) is 20.3 Å². The quantitative estimate of drug-likeness (QED) is 0.783. The fourth-order valence-electron chi connectivity index (χ4n) is 1.23. The second-order valence-electron chi connectivity index (χ2n) is 4.12. The van der Waals surface area contributed by atoms with Gasteiger partial charge in [0.25, 0.3) is 0 Å². The zero-order valence-electron chi connectivity index (χ0n) is 9.87. The Labute approximate surface area is 106 Å². The largest absolute Gasteiger partial charge is 0.491 e. The second-order valence-corrected chi connectivity index (χ2v) is 5.04. The van der Waals surface area contributed by atoms with E-state index in [4.69, 9.17) is 4.74 Å². The van der Waals surface area contributed by atoms with Crippen molar-refractivity contribution >= 4 is 15.9 Å². The highest BCUT2D eigenvalue weighted by atomic mass is 79.9. The van der Waals surface area contributed by atoms with Crippen LogP contribution in [0.2, 0.25) is 0 Å². The predicted molar refractivity (Wildman–Crippen MR) is 69.8 cm³/mol. The van der Waals surface area contributed by atoms with E-state index in [1.807, 2.05) is 6.07 Å². The molecule has 0 unspecified atom stereocenters. The minimum Gasteiger partial charge on any atom is -0.491 e. The van der Waals surface area contributed by atoms with Crippen LogP contribution in [0.4, 0.5) is 0 Å². The molecule has 0 saturated heterocycles. The second kappa shape index (κ2) is 7.63. The van der Waals surface area contributed by atoms with Crippen molar-refractivity contribution in [3.8, 4) is 5.75 Å². The summed E-state index contributed by atoms with van der Waals surface area (Å²) in [7, 11) is 0. The normalized spacial score (nSPS) is 10.8. The summed E-state index contributed by atoms with van der Waals surface area (Å²) in [6, 6.07) is 1.92. The first-order valence-electron chi connectivity index (χ1n) is 5.62. The Morgan fingerprint density at radius 3 is 2.88 bits per heavy atom.